The third kappa shape index (κ3) is 2.83. The lowest BCUT2D eigenvalue weighted by molar-refractivity contribution is 0.171. The number of aromatic amines is 1. The molecule has 4 heterocycles. The third-order valence-electron chi connectivity index (χ3n) is 4.00. The summed E-state index contributed by atoms with van der Waals surface area (Å²) in [5.74, 6) is 2.91. The van der Waals surface area contributed by atoms with E-state index in [0.29, 0.717) is 52.7 Å². The average Bonchev–Trinajstić information content (AvgIpc) is 3.28. The van der Waals surface area contributed by atoms with Crippen molar-refractivity contribution in [2.24, 2.45) is 0 Å². The Labute approximate surface area is 157 Å². The van der Waals surface area contributed by atoms with Crippen molar-refractivity contribution in [3.8, 4) is 23.0 Å². The van der Waals surface area contributed by atoms with Crippen LogP contribution in [0, 0.1) is 6.92 Å². The Morgan fingerprint density at radius 2 is 1.93 bits per heavy atom. The summed E-state index contributed by atoms with van der Waals surface area (Å²) in [7, 11) is 0. The topological polar surface area (TPSA) is 125 Å². The van der Waals surface area contributed by atoms with Crippen LogP contribution in [0.15, 0.2) is 39.1 Å². The maximum atomic E-state index is 5.88. The number of anilines is 1. The van der Waals surface area contributed by atoms with Crippen LogP contribution in [0.2, 0.25) is 0 Å². The van der Waals surface area contributed by atoms with Gasteiger partial charge in [0, 0.05) is 4.90 Å². The van der Waals surface area contributed by atoms with E-state index in [9.17, 15) is 0 Å². The van der Waals surface area contributed by atoms with Gasteiger partial charge in [-0.15, -0.1) is 0 Å². The number of hydrogen-bond acceptors (Lipinski definition) is 9. The van der Waals surface area contributed by atoms with Gasteiger partial charge in [-0.3, -0.25) is 0 Å². The normalized spacial score (nSPS) is 13.2. The number of aryl methyl sites for hydroxylation is 1. The molecule has 0 spiro atoms. The zero-order valence-corrected chi connectivity index (χ0v) is 15.0. The number of rotatable bonds is 3. The molecule has 10 heteroatoms. The third-order valence-corrected chi connectivity index (χ3v) is 4.94. The summed E-state index contributed by atoms with van der Waals surface area (Å²) < 4.78 is 17.1. The summed E-state index contributed by atoms with van der Waals surface area (Å²) in [5.41, 5.74) is 7.79. The van der Waals surface area contributed by atoms with Gasteiger partial charge in [0.2, 0.25) is 5.89 Å². The maximum Gasteiger partial charge on any atom is 0.227 e. The molecule has 0 amide bonds. The number of nitrogen functional groups attached to an aromatic ring is 1. The standard InChI is InChI=1S/C17H14N6O3S/c1-8-6-19-16(26-8)9-4-10-11(25-3-2-24-10)5-12(9)27-17-22-13-14(18)20-7-21-15(13)23-17/h4-7H,2-3H2,1H3,(H3,18,20,21,22,23). The van der Waals surface area contributed by atoms with Crippen molar-refractivity contribution in [3.63, 3.8) is 0 Å². The highest BCUT2D eigenvalue weighted by Gasteiger charge is 2.21. The van der Waals surface area contributed by atoms with Crippen molar-refractivity contribution in [3.05, 3.63) is 30.4 Å². The minimum absolute atomic E-state index is 0.352. The smallest absolute Gasteiger partial charge is 0.227 e. The van der Waals surface area contributed by atoms with Gasteiger partial charge < -0.3 is 24.6 Å². The van der Waals surface area contributed by atoms with Gasteiger partial charge in [0.1, 0.15) is 30.8 Å². The molecule has 0 bridgehead atoms. The molecule has 0 saturated carbocycles. The van der Waals surface area contributed by atoms with E-state index >= 15 is 0 Å². The van der Waals surface area contributed by atoms with Gasteiger partial charge in [-0.1, -0.05) is 11.8 Å². The molecule has 5 rings (SSSR count). The van der Waals surface area contributed by atoms with E-state index in [2.05, 4.69) is 24.9 Å². The molecule has 27 heavy (non-hydrogen) atoms. The Morgan fingerprint density at radius 3 is 2.67 bits per heavy atom. The number of ether oxygens (including phenoxy) is 2. The second-order valence-electron chi connectivity index (χ2n) is 5.87. The Kier molecular flexibility index (Phi) is 3.64. The first-order chi connectivity index (χ1) is 13.2. The molecule has 1 aromatic carbocycles. The van der Waals surface area contributed by atoms with Crippen molar-refractivity contribution < 1.29 is 13.9 Å². The van der Waals surface area contributed by atoms with E-state index in [-0.39, 0.29) is 0 Å². The summed E-state index contributed by atoms with van der Waals surface area (Å²) in [6, 6.07) is 3.77. The van der Waals surface area contributed by atoms with E-state index in [1.165, 1.54) is 18.1 Å². The van der Waals surface area contributed by atoms with Crippen LogP contribution in [0.4, 0.5) is 5.82 Å². The largest absolute Gasteiger partial charge is 0.486 e. The molecule has 0 radical (unpaired) electrons. The average molecular weight is 382 g/mol. The molecule has 3 N–H and O–H groups in total. The van der Waals surface area contributed by atoms with E-state index in [0.717, 1.165) is 16.2 Å². The van der Waals surface area contributed by atoms with Gasteiger partial charge in [0.15, 0.2) is 28.1 Å². The summed E-state index contributed by atoms with van der Waals surface area (Å²) in [5, 5.41) is 0.624. The van der Waals surface area contributed by atoms with Crippen molar-refractivity contribution in [1.82, 2.24) is 24.9 Å². The quantitative estimate of drug-likeness (QED) is 0.550. The number of nitrogens with zero attached hydrogens (tertiary/aromatic N) is 4. The molecule has 9 nitrogen and oxygen atoms in total. The van der Waals surface area contributed by atoms with Gasteiger partial charge in [0.25, 0.3) is 0 Å². The second-order valence-corrected chi connectivity index (χ2v) is 6.90. The van der Waals surface area contributed by atoms with Crippen LogP contribution in [0.1, 0.15) is 5.76 Å². The highest BCUT2D eigenvalue weighted by molar-refractivity contribution is 7.99. The van der Waals surface area contributed by atoms with Crippen molar-refractivity contribution in [2.45, 2.75) is 17.0 Å². The van der Waals surface area contributed by atoms with Gasteiger partial charge in [-0.25, -0.2) is 19.9 Å². The molecule has 0 fully saturated rings. The first-order valence-electron chi connectivity index (χ1n) is 8.18. The number of benzene rings is 1. The maximum absolute atomic E-state index is 5.88. The molecular weight excluding hydrogens is 368 g/mol. The molecule has 0 saturated heterocycles. The number of nitrogens with one attached hydrogen (secondary N) is 1. The van der Waals surface area contributed by atoms with Crippen molar-refractivity contribution in [2.75, 3.05) is 18.9 Å². The van der Waals surface area contributed by atoms with Crippen LogP contribution in [0.3, 0.4) is 0 Å². The highest BCUT2D eigenvalue weighted by Crippen LogP contribution is 2.43. The fraction of sp³-hybridized carbons (Fsp3) is 0.176. The molecular formula is C17H14N6O3S. The zero-order valence-electron chi connectivity index (χ0n) is 14.2. The Bertz CT molecular complexity index is 1150. The zero-order chi connectivity index (χ0) is 18.4. The van der Waals surface area contributed by atoms with Gasteiger partial charge >= 0.3 is 0 Å². The Hall–Kier alpha value is -3.27. The van der Waals surface area contributed by atoms with E-state index < -0.39 is 0 Å². The van der Waals surface area contributed by atoms with Gasteiger partial charge in [-0.2, -0.15) is 0 Å². The predicted molar refractivity (Wildman–Crippen MR) is 97.9 cm³/mol. The fourth-order valence-electron chi connectivity index (χ4n) is 2.78. The van der Waals surface area contributed by atoms with Crippen LogP contribution < -0.4 is 15.2 Å². The summed E-state index contributed by atoms with van der Waals surface area (Å²) in [6.45, 7) is 2.86. The number of H-pyrrole nitrogens is 1. The lowest BCUT2D eigenvalue weighted by Crippen LogP contribution is -2.15. The highest BCUT2D eigenvalue weighted by atomic mass is 32.2. The summed E-state index contributed by atoms with van der Waals surface area (Å²) in [6.07, 6.45) is 3.07. The Morgan fingerprint density at radius 1 is 1.11 bits per heavy atom. The van der Waals surface area contributed by atoms with Crippen molar-refractivity contribution >= 4 is 28.7 Å². The number of hydrogen-bond donors (Lipinski definition) is 2. The molecule has 0 aliphatic carbocycles. The number of oxazole rings is 1. The number of aromatic nitrogens is 5. The minimum atomic E-state index is 0.352. The molecule has 3 aromatic heterocycles. The number of nitrogens with two attached hydrogens (primary N) is 1. The fourth-order valence-corrected chi connectivity index (χ4v) is 3.69. The molecule has 1 aliphatic rings. The summed E-state index contributed by atoms with van der Waals surface area (Å²) >= 11 is 1.40. The minimum Gasteiger partial charge on any atom is -0.486 e. The molecule has 1 aliphatic heterocycles. The van der Waals surface area contributed by atoms with Gasteiger partial charge in [0.05, 0.1) is 11.8 Å². The first kappa shape index (κ1) is 15.9. The molecule has 0 unspecified atom stereocenters. The number of fused-ring (bicyclic) bond motifs is 2. The van der Waals surface area contributed by atoms with Gasteiger partial charge in [-0.05, 0) is 19.1 Å². The van der Waals surface area contributed by atoms with E-state index in [1.54, 1.807) is 6.20 Å². The first-order valence-corrected chi connectivity index (χ1v) is 8.99. The van der Waals surface area contributed by atoms with Crippen LogP contribution in [0.5, 0.6) is 11.5 Å². The van der Waals surface area contributed by atoms with Crippen LogP contribution in [-0.4, -0.2) is 38.1 Å². The van der Waals surface area contributed by atoms with Crippen LogP contribution in [-0.2, 0) is 0 Å². The van der Waals surface area contributed by atoms with E-state index in [1.807, 2.05) is 19.1 Å². The number of imidazole rings is 1. The van der Waals surface area contributed by atoms with Crippen LogP contribution in [0.25, 0.3) is 22.6 Å². The summed E-state index contributed by atoms with van der Waals surface area (Å²) in [4.78, 5) is 20.9. The molecule has 136 valence electrons. The van der Waals surface area contributed by atoms with Crippen molar-refractivity contribution in [1.29, 1.82) is 0 Å². The monoisotopic (exact) mass is 382 g/mol. The second kappa shape index (κ2) is 6.16. The van der Waals surface area contributed by atoms with Crippen LogP contribution >= 0.6 is 11.8 Å². The lowest BCUT2D eigenvalue weighted by atomic mass is 10.2. The SMILES string of the molecule is Cc1cnc(-c2cc3c(cc2Sc2nc4ncnc(N)c4[nH]2)OCCO3)o1. The lowest BCUT2D eigenvalue weighted by Gasteiger charge is -2.20. The Balaban J connectivity index is 1.61. The molecule has 4 aromatic rings. The molecule has 0 atom stereocenters. The van der Waals surface area contributed by atoms with E-state index in [4.69, 9.17) is 19.6 Å². The predicted octanol–water partition coefficient (Wildman–Crippen LogP) is 2.82.